The van der Waals surface area contributed by atoms with E-state index in [1.807, 2.05) is 24.0 Å². The molecule has 0 spiro atoms. The zero-order chi connectivity index (χ0) is 23.2. The van der Waals surface area contributed by atoms with Crippen molar-refractivity contribution in [2.24, 2.45) is 11.0 Å². The number of carbonyl (C=O) groups is 2. The van der Waals surface area contributed by atoms with Crippen LogP contribution in [0.4, 0.5) is 5.69 Å². The molecule has 0 unspecified atom stereocenters. The average Bonchev–Trinajstić information content (AvgIpc) is 2.85. The van der Waals surface area contributed by atoms with E-state index in [9.17, 15) is 9.59 Å². The molecular weight excluding hydrogens is 416 g/mol. The van der Waals surface area contributed by atoms with Crippen LogP contribution in [0, 0.1) is 5.92 Å². The summed E-state index contributed by atoms with van der Waals surface area (Å²) in [6.07, 6.45) is 2.81. The molecule has 0 saturated carbocycles. The van der Waals surface area contributed by atoms with Crippen LogP contribution >= 0.6 is 0 Å². The van der Waals surface area contributed by atoms with Crippen molar-refractivity contribution in [1.82, 2.24) is 10.3 Å². The normalized spacial score (nSPS) is 18.5. The van der Waals surface area contributed by atoms with Crippen molar-refractivity contribution in [2.45, 2.75) is 32.6 Å². The molecule has 174 valence electrons. The van der Waals surface area contributed by atoms with E-state index in [2.05, 4.69) is 51.8 Å². The molecule has 2 aromatic carbocycles. The van der Waals surface area contributed by atoms with E-state index in [0.717, 1.165) is 61.7 Å². The van der Waals surface area contributed by atoms with E-state index >= 15 is 0 Å². The van der Waals surface area contributed by atoms with Gasteiger partial charge in [0.2, 0.25) is 11.8 Å². The number of carbonyl (C=O) groups excluding carboxylic acids is 2. The van der Waals surface area contributed by atoms with Crippen molar-refractivity contribution in [2.75, 3.05) is 38.2 Å². The second-order valence-electron chi connectivity index (χ2n) is 8.75. The molecule has 2 amide bonds. The first kappa shape index (κ1) is 22.8. The molecule has 0 aromatic heterocycles. The van der Waals surface area contributed by atoms with Crippen LogP contribution in [0.1, 0.15) is 37.3 Å². The fraction of sp³-hybridized carbons (Fsp3) is 0.423. The lowest BCUT2D eigenvalue weighted by molar-refractivity contribution is -0.131. The van der Waals surface area contributed by atoms with Crippen molar-refractivity contribution in [1.29, 1.82) is 0 Å². The third kappa shape index (κ3) is 5.72. The first-order valence-electron chi connectivity index (χ1n) is 11.7. The number of piperazine rings is 1. The first-order valence-corrected chi connectivity index (χ1v) is 11.7. The van der Waals surface area contributed by atoms with Gasteiger partial charge in [0.15, 0.2) is 0 Å². The van der Waals surface area contributed by atoms with Gasteiger partial charge in [0.05, 0.1) is 12.8 Å². The van der Waals surface area contributed by atoms with E-state index in [-0.39, 0.29) is 17.7 Å². The van der Waals surface area contributed by atoms with E-state index in [1.54, 1.807) is 7.11 Å². The SMILES string of the molecule is COc1ccc(CCCC(=O)N2CCN(c3ccc(C4=NNC(=O)C[C@H]4C)cc3)CC2)cc1. The highest BCUT2D eigenvalue weighted by Crippen LogP contribution is 2.22. The van der Waals surface area contributed by atoms with Crippen LogP contribution in [0.5, 0.6) is 5.75 Å². The minimum Gasteiger partial charge on any atom is -0.497 e. The van der Waals surface area contributed by atoms with Gasteiger partial charge in [-0.25, -0.2) is 5.43 Å². The van der Waals surface area contributed by atoms with Gasteiger partial charge in [-0.3, -0.25) is 9.59 Å². The van der Waals surface area contributed by atoms with Crippen LogP contribution in [0.25, 0.3) is 0 Å². The van der Waals surface area contributed by atoms with Gasteiger partial charge in [-0.2, -0.15) is 5.10 Å². The Morgan fingerprint density at radius 2 is 1.76 bits per heavy atom. The van der Waals surface area contributed by atoms with Gasteiger partial charge in [0.1, 0.15) is 5.75 Å². The number of amides is 2. The summed E-state index contributed by atoms with van der Waals surface area (Å²) in [4.78, 5) is 28.4. The van der Waals surface area contributed by atoms with E-state index in [1.165, 1.54) is 5.56 Å². The monoisotopic (exact) mass is 448 g/mol. The number of nitrogens with one attached hydrogen (secondary N) is 1. The van der Waals surface area contributed by atoms with Crippen LogP contribution < -0.4 is 15.1 Å². The number of benzene rings is 2. The van der Waals surface area contributed by atoms with Crippen molar-refractivity contribution in [3.8, 4) is 5.75 Å². The number of rotatable bonds is 7. The maximum Gasteiger partial charge on any atom is 0.240 e. The number of methoxy groups -OCH3 is 1. The first-order chi connectivity index (χ1) is 16.0. The van der Waals surface area contributed by atoms with Gasteiger partial charge in [-0.1, -0.05) is 31.2 Å². The molecule has 2 heterocycles. The molecule has 0 aliphatic carbocycles. The molecule has 2 aliphatic rings. The minimum atomic E-state index is -0.0315. The Bertz CT molecular complexity index is 993. The number of hydrazone groups is 1. The van der Waals surface area contributed by atoms with Crippen LogP contribution in [0.15, 0.2) is 53.6 Å². The Balaban J connectivity index is 1.23. The largest absolute Gasteiger partial charge is 0.497 e. The Hall–Kier alpha value is -3.35. The molecule has 0 bridgehead atoms. The number of nitrogens with zero attached hydrogens (tertiary/aromatic N) is 3. The predicted molar refractivity (Wildman–Crippen MR) is 130 cm³/mol. The molecular formula is C26H32N4O3. The molecule has 1 fully saturated rings. The summed E-state index contributed by atoms with van der Waals surface area (Å²) in [5.74, 6) is 1.18. The lowest BCUT2D eigenvalue weighted by Gasteiger charge is -2.36. The fourth-order valence-corrected chi connectivity index (χ4v) is 4.45. The molecule has 0 radical (unpaired) electrons. The number of ether oxygens (including phenoxy) is 1. The topological polar surface area (TPSA) is 74.2 Å². The average molecular weight is 449 g/mol. The summed E-state index contributed by atoms with van der Waals surface area (Å²) in [6, 6.07) is 16.4. The highest BCUT2D eigenvalue weighted by Gasteiger charge is 2.23. The lowest BCUT2D eigenvalue weighted by Crippen LogP contribution is -2.48. The van der Waals surface area contributed by atoms with Gasteiger partial charge in [0, 0.05) is 50.6 Å². The van der Waals surface area contributed by atoms with Gasteiger partial charge >= 0.3 is 0 Å². The number of hydrogen-bond acceptors (Lipinski definition) is 5. The van der Waals surface area contributed by atoms with Crippen molar-refractivity contribution in [3.05, 3.63) is 59.7 Å². The van der Waals surface area contributed by atoms with Crippen LogP contribution in [-0.2, 0) is 16.0 Å². The summed E-state index contributed by atoms with van der Waals surface area (Å²) in [5, 5.41) is 4.24. The summed E-state index contributed by atoms with van der Waals surface area (Å²) >= 11 is 0. The number of hydrogen-bond donors (Lipinski definition) is 1. The van der Waals surface area contributed by atoms with E-state index in [0.29, 0.717) is 12.8 Å². The maximum absolute atomic E-state index is 12.6. The maximum atomic E-state index is 12.6. The minimum absolute atomic E-state index is 0.0315. The third-order valence-corrected chi connectivity index (χ3v) is 6.44. The van der Waals surface area contributed by atoms with Gasteiger partial charge in [-0.05, 0) is 48.2 Å². The van der Waals surface area contributed by atoms with Crippen LogP contribution in [-0.4, -0.2) is 55.7 Å². The molecule has 33 heavy (non-hydrogen) atoms. The standard InChI is InChI=1S/C26H32N4O3/c1-19-18-24(31)27-28-26(19)21-8-10-22(11-9-21)29-14-16-30(17-15-29)25(32)5-3-4-20-6-12-23(33-2)13-7-20/h6-13,19H,3-5,14-18H2,1-2H3,(H,27,31)/t19-/m1/s1. The zero-order valence-electron chi connectivity index (χ0n) is 19.4. The number of aryl methyl sites for hydroxylation is 1. The molecule has 7 heteroatoms. The van der Waals surface area contributed by atoms with Crippen molar-refractivity contribution in [3.63, 3.8) is 0 Å². The quantitative estimate of drug-likeness (QED) is 0.706. The summed E-state index contributed by atoms with van der Waals surface area (Å²) < 4.78 is 5.19. The highest BCUT2D eigenvalue weighted by molar-refractivity contribution is 6.05. The fourth-order valence-electron chi connectivity index (χ4n) is 4.45. The Morgan fingerprint density at radius 1 is 1.06 bits per heavy atom. The van der Waals surface area contributed by atoms with Gasteiger partial charge in [0.25, 0.3) is 0 Å². The molecule has 1 N–H and O–H groups in total. The molecule has 1 saturated heterocycles. The molecule has 2 aliphatic heterocycles. The second kappa shape index (κ2) is 10.5. The summed E-state index contributed by atoms with van der Waals surface area (Å²) in [7, 11) is 1.66. The second-order valence-corrected chi connectivity index (χ2v) is 8.75. The highest BCUT2D eigenvalue weighted by atomic mass is 16.5. The van der Waals surface area contributed by atoms with Crippen molar-refractivity contribution >= 4 is 23.2 Å². The van der Waals surface area contributed by atoms with Gasteiger partial charge < -0.3 is 14.5 Å². The van der Waals surface area contributed by atoms with E-state index < -0.39 is 0 Å². The Morgan fingerprint density at radius 3 is 2.39 bits per heavy atom. The summed E-state index contributed by atoms with van der Waals surface area (Å²) in [5.41, 5.74) is 6.92. The lowest BCUT2D eigenvalue weighted by atomic mass is 9.94. The summed E-state index contributed by atoms with van der Waals surface area (Å²) in [6.45, 7) is 5.18. The van der Waals surface area contributed by atoms with Crippen molar-refractivity contribution < 1.29 is 14.3 Å². The Kier molecular flexibility index (Phi) is 7.27. The smallest absolute Gasteiger partial charge is 0.240 e. The molecule has 1 atom stereocenters. The molecule has 7 nitrogen and oxygen atoms in total. The van der Waals surface area contributed by atoms with E-state index in [4.69, 9.17) is 4.74 Å². The van der Waals surface area contributed by atoms with Gasteiger partial charge in [-0.15, -0.1) is 0 Å². The predicted octanol–water partition coefficient (Wildman–Crippen LogP) is 3.23. The third-order valence-electron chi connectivity index (χ3n) is 6.44. The molecule has 4 rings (SSSR count). The Labute approximate surface area is 195 Å². The van der Waals surface area contributed by atoms with Crippen LogP contribution in [0.3, 0.4) is 0 Å². The van der Waals surface area contributed by atoms with Crippen LogP contribution in [0.2, 0.25) is 0 Å². The molecule has 2 aromatic rings. The number of anilines is 1. The zero-order valence-corrected chi connectivity index (χ0v) is 19.4.